The van der Waals surface area contributed by atoms with E-state index in [1.165, 1.54) is 17.4 Å². The van der Waals surface area contributed by atoms with Crippen LogP contribution in [0.5, 0.6) is 11.5 Å². The van der Waals surface area contributed by atoms with Crippen LogP contribution >= 0.6 is 27.3 Å². The Morgan fingerprint density at radius 1 is 1.21 bits per heavy atom. The number of ether oxygens (including phenoxy) is 1. The highest BCUT2D eigenvalue weighted by Crippen LogP contribution is 2.35. The first-order valence-electron chi connectivity index (χ1n) is 5.40. The molecule has 0 bridgehead atoms. The van der Waals surface area contributed by atoms with E-state index in [2.05, 4.69) is 20.9 Å². The van der Waals surface area contributed by atoms with Gasteiger partial charge in [0.2, 0.25) is 0 Å². The fourth-order valence-electron chi connectivity index (χ4n) is 1.70. The maximum absolute atomic E-state index is 13.6. The first-order valence-corrected chi connectivity index (χ1v) is 7.07. The maximum Gasteiger partial charge on any atom is 0.165 e. The van der Waals surface area contributed by atoms with Crippen LogP contribution in [-0.4, -0.2) is 4.98 Å². The number of nitrogens with two attached hydrogens (primary N) is 1. The summed E-state index contributed by atoms with van der Waals surface area (Å²) in [7, 11) is 0. The van der Waals surface area contributed by atoms with Crippen molar-refractivity contribution in [2.24, 2.45) is 0 Å². The Balaban J connectivity index is 2.05. The summed E-state index contributed by atoms with van der Waals surface area (Å²) in [6.45, 7) is 0. The van der Waals surface area contributed by atoms with Crippen LogP contribution in [0.1, 0.15) is 0 Å². The van der Waals surface area contributed by atoms with Gasteiger partial charge in [0, 0.05) is 4.47 Å². The highest BCUT2D eigenvalue weighted by atomic mass is 79.9. The Hall–Kier alpha value is -1.66. The molecule has 3 nitrogen and oxygen atoms in total. The zero-order chi connectivity index (χ0) is 13.4. The number of thiazole rings is 1. The Labute approximate surface area is 121 Å². The van der Waals surface area contributed by atoms with Gasteiger partial charge in [-0.25, -0.2) is 9.37 Å². The van der Waals surface area contributed by atoms with E-state index in [1.807, 2.05) is 6.07 Å². The second-order valence-corrected chi connectivity index (χ2v) is 5.66. The van der Waals surface area contributed by atoms with Crippen LogP contribution in [0.25, 0.3) is 10.2 Å². The van der Waals surface area contributed by atoms with Gasteiger partial charge in [0.05, 0.1) is 10.2 Å². The lowest BCUT2D eigenvalue weighted by Crippen LogP contribution is -1.94. The Kier molecular flexibility index (Phi) is 3.12. The normalized spacial score (nSPS) is 10.8. The van der Waals surface area contributed by atoms with Crippen molar-refractivity contribution in [3.8, 4) is 11.5 Å². The lowest BCUT2D eigenvalue weighted by molar-refractivity contribution is 0.444. The molecule has 0 aliphatic rings. The molecule has 3 rings (SSSR count). The monoisotopic (exact) mass is 338 g/mol. The molecule has 1 heterocycles. The quantitative estimate of drug-likeness (QED) is 0.696. The third kappa shape index (κ3) is 2.29. The lowest BCUT2D eigenvalue weighted by atomic mass is 10.2. The van der Waals surface area contributed by atoms with Crippen LogP contribution in [0, 0.1) is 5.82 Å². The molecule has 0 unspecified atom stereocenters. The largest absolute Gasteiger partial charge is 0.452 e. The smallest absolute Gasteiger partial charge is 0.165 e. The molecule has 6 heteroatoms. The van der Waals surface area contributed by atoms with Gasteiger partial charge < -0.3 is 10.5 Å². The van der Waals surface area contributed by atoms with Crippen molar-refractivity contribution >= 4 is 43.2 Å². The topological polar surface area (TPSA) is 48.1 Å². The average Bonchev–Trinajstić information content (AvgIpc) is 2.86. The fraction of sp³-hybridized carbons (Fsp3) is 0. The number of rotatable bonds is 2. The molecule has 1 aromatic heterocycles. The molecular weight excluding hydrogens is 331 g/mol. The molecule has 0 amide bonds. The second-order valence-electron chi connectivity index (χ2n) is 3.85. The van der Waals surface area contributed by atoms with Crippen molar-refractivity contribution in [1.29, 1.82) is 0 Å². The Bertz CT molecular complexity index is 759. The van der Waals surface area contributed by atoms with E-state index in [4.69, 9.17) is 10.5 Å². The van der Waals surface area contributed by atoms with Gasteiger partial charge in [-0.15, -0.1) is 11.3 Å². The minimum absolute atomic E-state index is 0.121. The van der Waals surface area contributed by atoms with Gasteiger partial charge in [0.25, 0.3) is 0 Å². The van der Waals surface area contributed by atoms with E-state index < -0.39 is 5.82 Å². The standard InChI is InChI=1S/C13H8BrFN2OS/c14-7-1-2-8(15)10(5-7)18-9-3-4-11-13(12(9)16)17-6-19-11/h1-6H,16H2. The molecule has 0 radical (unpaired) electrons. The molecule has 3 aromatic rings. The number of aromatic nitrogens is 1. The van der Waals surface area contributed by atoms with Crippen LogP contribution in [0.4, 0.5) is 10.1 Å². The lowest BCUT2D eigenvalue weighted by Gasteiger charge is -2.09. The van der Waals surface area contributed by atoms with Gasteiger partial charge in [-0.3, -0.25) is 0 Å². The highest BCUT2D eigenvalue weighted by Gasteiger charge is 2.11. The summed E-state index contributed by atoms with van der Waals surface area (Å²) in [4.78, 5) is 4.17. The van der Waals surface area contributed by atoms with Crippen LogP contribution in [0.15, 0.2) is 40.3 Å². The van der Waals surface area contributed by atoms with Gasteiger partial charge in [0.1, 0.15) is 11.2 Å². The third-order valence-electron chi connectivity index (χ3n) is 2.61. The van der Waals surface area contributed by atoms with Gasteiger partial charge in [-0.1, -0.05) is 15.9 Å². The van der Waals surface area contributed by atoms with Crippen LogP contribution in [-0.2, 0) is 0 Å². The Morgan fingerprint density at radius 3 is 2.89 bits per heavy atom. The molecule has 0 fully saturated rings. The minimum atomic E-state index is -0.444. The Morgan fingerprint density at radius 2 is 2.05 bits per heavy atom. The van der Waals surface area contributed by atoms with Crippen molar-refractivity contribution in [1.82, 2.24) is 4.98 Å². The van der Waals surface area contributed by atoms with E-state index in [1.54, 1.807) is 23.7 Å². The number of nitrogens with zero attached hydrogens (tertiary/aromatic N) is 1. The van der Waals surface area contributed by atoms with Crippen molar-refractivity contribution in [3.63, 3.8) is 0 Å². The van der Waals surface area contributed by atoms with Gasteiger partial charge in [-0.05, 0) is 30.3 Å². The predicted octanol–water partition coefficient (Wildman–Crippen LogP) is 4.57. The summed E-state index contributed by atoms with van der Waals surface area (Å²) >= 11 is 4.77. The maximum atomic E-state index is 13.6. The highest BCUT2D eigenvalue weighted by molar-refractivity contribution is 9.10. The molecule has 0 saturated carbocycles. The van der Waals surface area contributed by atoms with Crippen LogP contribution in [0.3, 0.4) is 0 Å². The van der Waals surface area contributed by atoms with Crippen LogP contribution < -0.4 is 10.5 Å². The molecule has 0 spiro atoms. The molecule has 2 N–H and O–H groups in total. The molecule has 2 aromatic carbocycles. The number of hydrogen-bond donors (Lipinski definition) is 1. The van der Waals surface area contributed by atoms with Gasteiger partial charge >= 0.3 is 0 Å². The minimum Gasteiger partial charge on any atom is -0.452 e. The molecule has 96 valence electrons. The van der Waals surface area contributed by atoms with Crippen LogP contribution in [0.2, 0.25) is 0 Å². The number of fused-ring (bicyclic) bond motifs is 1. The predicted molar refractivity (Wildman–Crippen MR) is 78.2 cm³/mol. The summed E-state index contributed by atoms with van der Waals surface area (Å²) in [5, 5.41) is 0. The summed E-state index contributed by atoms with van der Waals surface area (Å²) < 4.78 is 20.9. The van der Waals surface area contributed by atoms with E-state index >= 15 is 0 Å². The molecule has 0 saturated heterocycles. The summed E-state index contributed by atoms with van der Waals surface area (Å²) in [6, 6.07) is 8.07. The number of anilines is 1. The fourth-order valence-corrected chi connectivity index (χ4v) is 2.73. The zero-order valence-electron chi connectivity index (χ0n) is 9.56. The number of nitrogen functional groups attached to an aromatic ring is 1. The molecule has 0 atom stereocenters. The summed E-state index contributed by atoms with van der Waals surface area (Å²) in [5.74, 6) is 0.0760. The molecule has 0 aliphatic carbocycles. The zero-order valence-corrected chi connectivity index (χ0v) is 12.0. The average molecular weight is 339 g/mol. The molecular formula is C13H8BrFN2OS. The van der Waals surface area contributed by atoms with Gasteiger partial charge in [-0.2, -0.15) is 0 Å². The second kappa shape index (κ2) is 4.79. The number of benzene rings is 2. The third-order valence-corrected chi connectivity index (χ3v) is 3.90. The van der Waals surface area contributed by atoms with E-state index in [0.717, 1.165) is 9.17 Å². The van der Waals surface area contributed by atoms with Crippen molar-refractivity contribution < 1.29 is 9.13 Å². The first kappa shape index (κ1) is 12.4. The van der Waals surface area contributed by atoms with E-state index in [0.29, 0.717) is 17.0 Å². The summed E-state index contributed by atoms with van der Waals surface area (Å²) in [5.41, 5.74) is 8.79. The SMILES string of the molecule is Nc1c(Oc2cc(Br)ccc2F)ccc2scnc12. The van der Waals surface area contributed by atoms with Crippen molar-refractivity contribution in [3.05, 3.63) is 46.1 Å². The molecule has 0 aliphatic heterocycles. The van der Waals surface area contributed by atoms with Crippen molar-refractivity contribution in [2.45, 2.75) is 0 Å². The number of halogens is 2. The summed E-state index contributed by atoms with van der Waals surface area (Å²) in [6.07, 6.45) is 0. The van der Waals surface area contributed by atoms with E-state index in [9.17, 15) is 4.39 Å². The number of hydrogen-bond acceptors (Lipinski definition) is 4. The van der Waals surface area contributed by atoms with Crippen molar-refractivity contribution in [2.75, 3.05) is 5.73 Å². The van der Waals surface area contributed by atoms with E-state index in [-0.39, 0.29) is 5.75 Å². The first-order chi connectivity index (χ1) is 9.15. The molecule has 19 heavy (non-hydrogen) atoms. The van der Waals surface area contributed by atoms with Gasteiger partial charge in [0.15, 0.2) is 17.3 Å².